The number of hydrogen-bond acceptors (Lipinski definition) is 6. The molecule has 1 aromatic heterocycles. The first-order valence-corrected chi connectivity index (χ1v) is 11.0. The molecule has 1 aliphatic rings. The molecule has 9 heteroatoms. The number of carbonyl (C=O) groups excluding carboxylic acids is 1. The number of nitrogens with zero attached hydrogens (tertiary/aromatic N) is 2. The van der Waals surface area contributed by atoms with Crippen LogP contribution in [0.2, 0.25) is 0 Å². The molecule has 7 nitrogen and oxygen atoms in total. The lowest BCUT2D eigenvalue weighted by molar-refractivity contribution is 0.0930. The first kappa shape index (κ1) is 18.5. The second-order valence-electron chi connectivity index (χ2n) is 6.38. The molecule has 0 atom stereocenters. The highest BCUT2D eigenvalue weighted by molar-refractivity contribution is 7.93. The summed E-state index contributed by atoms with van der Waals surface area (Å²) in [6.07, 6.45) is 1.54. The molecule has 28 heavy (non-hydrogen) atoms. The maximum atomic E-state index is 12.4. The predicted molar refractivity (Wildman–Crippen MR) is 109 cm³/mol. The summed E-state index contributed by atoms with van der Waals surface area (Å²) in [6.45, 7) is 1.37. The lowest BCUT2D eigenvalue weighted by atomic mass is 10.1. The van der Waals surface area contributed by atoms with Gasteiger partial charge in [-0.2, -0.15) is 0 Å². The second-order valence-corrected chi connectivity index (χ2v) is 8.96. The summed E-state index contributed by atoms with van der Waals surface area (Å²) in [5, 5.41) is 5.04. The fraction of sp³-hybridized carbons (Fsp3) is 0.158. The van der Waals surface area contributed by atoms with Gasteiger partial charge >= 0.3 is 0 Å². The molecule has 0 unspecified atom stereocenters. The van der Waals surface area contributed by atoms with E-state index in [1.165, 1.54) is 11.3 Å². The molecule has 3 aromatic rings. The van der Waals surface area contributed by atoms with Gasteiger partial charge in [0.1, 0.15) is 0 Å². The summed E-state index contributed by atoms with van der Waals surface area (Å²) in [6, 6.07) is 15.9. The minimum Gasteiger partial charge on any atom is -0.367 e. The number of aromatic nitrogens is 1. The van der Waals surface area contributed by atoms with E-state index in [4.69, 9.17) is 0 Å². The summed E-state index contributed by atoms with van der Waals surface area (Å²) in [5.41, 5.74) is 1.56. The Balaban J connectivity index is 1.34. The van der Waals surface area contributed by atoms with Crippen molar-refractivity contribution in [3.8, 4) is 0 Å². The van der Waals surface area contributed by atoms with Crippen molar-refractivity contribution in [2.24, 2.45) is 0 Å². The van der Waals surface area contributed by atoms with Crippen LogP contribution >= 0.6 is 11.3 Å². The topological polar surface area (TPSA) is 91.4 Å². The summed E-state index contributed by atoms with van der Waals surface area (Å²) in [7, 11) is -3.65. The normalized spacial score (nSPS) is 14.4. The Morgan fingerprint density at radius 2 is 1.79 bits per heavy atom. The third-order valence-electron chi connectivity index (χ3n) is 4.42. The lowest BCUT2D eigenvalue weighted by Crippen LogP contribution is -2.59. The van der Waals surface area contributed by atoms with Crippen LogP contribution in [0.1, 0.15) is 10.4 Å². The third kappa shape index (κ3) is 4.00. The van der Waals surface area contributed by atoms with Gasteiger partial charge in [0, 0.05) is 35.9 Å². The van der Waals surface area contributed by atoms with E-state index in [2.05, 4.69) is 19.9 Å². The first-order chi connectivity index (χ1) is 13.5. The van der Waals surface area contributed by atoms with E-state index in [-0.39, 0.29) is 16.8 Å². The molecule has 1 aliphatic heterocycles. The van der Waals surface area contributed by atoms with Gasteiger partial charge in [-0.1, -0.05) is 18.2 Å². The highest BCUT2D eigenvalue weighted by atomic mass is 32.2. The quantitative estimate of drug-likeness (QED) is 0.647. The van der Waals surface area contributed by atoms with Crippen LogP contribution in [-0.4, -0.2) is 38.4 Å². The molecule has 1 saturated heterocycles. The average Bonchev–Trinajstić information content (AvgIpc) is 3.17. The van der Waals surface area contributed by atoms with Crippen LogP contribution in [-0.2, 0) is 10.0 Å². The SMILES string of the molecule is O=C(NC1CN(c2ccc(S(=O)(=O)Nc3nccs3)cc2)C1)c1ccccc1. The van der Waals surface area contributed by atoms with E-state index in [0.717, 1.165) is 5.69 Å². The maximum absolute atomic E-state index is 12.4. The second kappa shape index (κ2) is 7.61. The zero-order valence-corrected chi connectivity index (χ0v) is 16.4. The number of nitrogens with one attached hydrogen (secondary N) is 2. The molecule has 2 heterocycles. The Hall–Kier alpha value is -2.91. The van der Waals surface area contributed by atoms with Crippen LogP contribution < -0.4 is 14.9 Å². The van der Waals surface area contributed by atoms with Crippen molar-refractivity contribution in [2.45, 2.75) is 10.9 Å². The van der Waals surface area contributed by atoms with Crippen molar-refractivity contribution >= 4 is 38.1 Å². The molecule has 1 amide bonds. The van der Waals surface area contributed by atoms with Crippen molar-refractivity contribution in [1.82, 2.24) is 10.3 Å². The average molecular weight is 415 g/mol. The van der Waals surface area contributed by atoms with Gasteiger partial charge < -0.3 is 10.2 Å². The molecule has 144 valence electrons. The summed E-state index contributed by atoms with van der Waals surface area (Å²) in [4.78, 5) is 18.4. The molecule has 2 aromatic carbocycles. The third-order valence-corrected chi connectivity index (χ3v) is 6.59. The van der Waals surface area contributed by atoms with Crippen molar-refractivity contribution in [3.05, 3.63) is 71.7 Å². The van der Waals surface area contributed by atoms with Crippen molar-refractivity contribution in [1.29, 1.82) is 0 Å². The zero-order valence-electron chi connectivity index (χ0n) is 14.8. The molecule has 0 spiro atoms. The first-order valence-electron chi connectivity index (χ1n) is 8.64. The highest BCUT2D eigenvalue weighted by Crippen LogP contribution is 2.24. The minimum absolute atomic E-state index is 0.0719. The number of thiazole rings is 1. The Morgan fingerprint density at radius 1 is 1.07 bits per heavy atom. The van der Waals surface area contributed by atoms with E-state index in [9.17, 15) is 13.2 Å². The van der Waals surface area contributed by atoms with Gasteiger partial charge in [0.2, 0.25) is 0 Å². The van der Waals surface area contributed by atoms with Gasteiger partial charge in [-0.3, -0.25) is 9.52 Å². The van der Waals surface area contributed by atoms with Crippen LogP contribution in [0.15, 0.2) is 71.1 Å². The van der Waals surface area contributed by atoms with Gasteiger partial charge in [0.15, 0.2) is 5.13 Å². The molecule has 0 aliphatic carbocycles. The van der Waals surface area contributed by atoms with E-state index in [1.807, 2.05) is 18.2 Å². The van der Waals surface area contributed by atoms with Crippen LogP contribution in [0.5, 0.6) is 0 Å². The number of anilines is 2. The van der Waals surface area contributed by atoms with Crippen LogP contribution in [0.3, 0.4) is 0 Å². The number of hydrogen-bond donors (Lipinski definition) is 2. The van der Waals surface area contributed by atoms with Crippen LogP contribution in [0.4, 0.5) is 10.8 Å². The molecule has 0 radical (unpaired) electrons. The highest BCUT2D eigenvalue weighted by Gasteiger charge is 2.28. The lowest BCUT2D eigenvalue weighted by Gasteiger charge is -2.41. The van der Waals surface area contributed by atoms with Gasteiger partial charge in [-0.15, -0.1) is 11.3 Å². The number of amides is 1. The number of benzene rings is 2. The van der Waals surface area contributed by atoms with E-state index >= 15 is 0 Å². The Morgan fingerprint density at radius 3 is 2.43 bits per heavy atom. The number of rotatable bonds is 6. The summed E-state index contributed by atoms with van der Waals surface area (Å²) >= 11 is 1.22. The fourth-order valence-corrected chi connectivity index (χ4v) is 4.71. The fourth-order valence-electron chi connectivity index (χ4n) is 2.92. The number of sulfonamides is 1. The molecule has 2 N–H and O–H groups in total. The Kier molecular flexibility index (Phi) is 5.01. The maximum Gasteiger partial charge on any atom is 0.263 e. The standard InChI is InChI=1S/C19H18N4O3S2/c24-18(14-4-2-1-3-5-14)21-15-12-23(13-15)16-6-8-17(9-7-16)28(25,26)22-19-20-10-11-27-19/h1-11,15H,12-13H2,(H,20,22)(H,21,24). The van der Waals surface area contributed by atoms with E-state index in [1.54, 1.807) is 48.0 Å². The molecular weight excluding hydrogens is 396 g/mol. The largest absolute Gasteiger partial charge is 0.367 e. The molecule has 1 fully saturated rings. The van der Waals surface area contributed by atoms with Gasteiger partial charge in [-0.05, 0) is 36.4 Å². The smallest absolute Gasteiger partial charge is 0.263 e. The van der Waals surface area contributed by atoms with Crippen LogP contribution in [0.25, 0.3) is 0 Å². The van der Waals surface area contributed by atoms with Crippen LogP contribution in [0, 0.1) is 0 Å². The summed E-state index contributed by atoms with van der Waals surface area (Å²) in [5.74, 6) is -0.0834. The van der Waals surface area contributed by atoms with Gasteiger partial charge in [0.25, 0.3) is 15.9 Å². The van der Waals surface area contributed by atoms with Gasteiger partial charge in [-0.25, -0.2) is 13.4 Å². The van der Waals surface area contributed by atoms with Crippen molar-refractivity contribution in [2.75, 3.05) is 22.7 Å². The minimum atomic E-state index is -3.65. The predicted octanol–water partition coefficient (Wildman–Crippen LogP) is 2.56. The van der Waals surface area contributed by atoms with Crippen molar-refractivity contribution < 1.29 is 13.2 Å². The molecule has 0 saturated carbocycles. The van der Waals surface area contributed by atoms with E-state index < -0.39 is 10.0 Å². The Bertz CT molecular complexity index is 1050. The van der Waals surface area contributed by atoms with Gasteiger partial charge in [0.05, 0.1) is 10.9 Å². The Labute approximate surface area is 167 Å². The molecular formula is C19H18N4O3S2. The van der Waals surface area contributed by atoms with E-state index in [0.29, 0.717) is 23.8 Å². The monoisotopic (exact) mass is 414 g/mol. The zero-order chi connectivity index (χ0) is 19.6. The number of carbonyl (C=O) groups is 1. The molecule has 0 bridgehead atoms. The summed E-state index contributed by atoms with van der Waals surface area (Å²) < 4.78 is 27.2. The molecule has 4 rings (SSSR count). The van der Waals surface area contributed by atoms with Crippen molar-refractivity contribution in [3.63, 3.8) is 0 Å².